The molecule has 2 N–H and O–H groups in total. The topological polar surface area (TPSA) is 68.3 Å². The van der Waals surface area contributed by atoms with E-state index in [0.717, 1.165) is 31.3 Å². The molecule has 1 aliphatic rings. The molecule has 1 aromatic carbocycles. The van der Waals surface area contributed by atoms with Crippen LogP contribution >= 0.6 is 0 Å². The van der Waals surface area contributed by atoms with Gasteiger partial charge in [-0.1, -0.05) is 12.1 Å². The van der Waals surface area contributed by atoms with Crippen LogP contribution in [0, 0.1) is 0 Å². The molecule has 0 saturated carbocycles. The van der Waals surface area contributed by atoms with Crippen LogP contribution in [0.5, 0.6) is 0 Å². The Morgan fingerprint density at radius 1 is 1.30 bits per heavy atom. The van der Waals surface area contributed by atoms with E-state index in [-0.39, 0.29) is 30.0 Å². The number of fused-ring (bicyclic) bond motifs is 1. The summed E-state index contributed by atoms with van der Waals surface area (Å²) in [6.07, 6.45) is 4.82. The van der Waals surface area contributed by atoms with Gasteiger partial charge in [-0.15, -0.1) is 0 Å². The van der Waals surface area contributed by atoms with Gasteiger partial charge in [0.1, 0.15) is 6.54 Å². The van der Waals surface area contributed by atoms with Gasteiger partial charge in [-0.25, -0.2) is 0 Å². The third-order valence-electron chi connectivity index (χ3n) is 4.67. The van der Waals surface area contributed by atoms with Crippen molar-refractivity contribution in [2.75, 3.05) is 6.54 Å². The number of amides is 1. The average molecular weight is 313 g/mol. The van der Waals surface area contributed by atoms with Gasteiger partial charge in [0.15, 0.2) is 5.43 Å². The van der Waals surface area contributed by atoms with E-state index in [1.807, 2.05) is 34.6 Å². The molecule has 1 aliphatic heterocycles. The van der Waals surface area contributed by atoms with Crippen LogP contribution in [0.1, 0.15) is 26.2 Å². The molecular weight excluding hydrogens is 290 g/mol. The first kappa shape index (κ1) is 15.7. The maximum Gasteiger partial charge on any atom is 0.242 e. The van der Waals surface area contributed by atoms with Gasteiger partial charge in [0.05, 0.1) is 5.52 Å². The largest absolute Gasteiger partial charge is 0.338 e. The van der Waals surface area contributed by atoms with E-state index in [4.69, 9.17) is 5.73 Å². The zero-order valence-electron chi connectivity index (χ0n) is 13.4. The Hall–Kier alpha value is -2.14. The molecule has 1 aromatic heterocycles. The standard InChI is InChI=1S/C18H23N3O2/c1-13(19)15-7-4-5-10-21(15)18(23)12-20-11-9-17(22)14-6-2-3-8-16(14)20/h2-3,6,8-9,11,13,15H,4-5,7,10,12,19H2,1H3/t13-,15-/m0/s1. The molecule has 23 heavy (non-hydrogen) atoms. The van der Waals surface area contributed by atoms with Crippen molar-refractivity contribution in [3.05, 3.63) is 46.8 Å². The lowest BCUT2D eigenvalue weighted by molar-refractivity contribution is -0.135. The minimum atomic E-state index is -0.0231. The zero-order chi connectivity index (χ0) is 16.4. The molecule has 0 spiro atoms. The summed E-state index contributed by atoms with van der Waals surface area (Å²) in [4.78, 5) is 26.6. The second kappa shape index (κ2) is 6.54. The molecule has 1 fully saturated rings. The molecule has 5 nitrogen and oxygen atoms in total. The van der Waals surface area contributed by atoms with Gasteiger partial charge in [-0.3, -0.25) is 9.59 Å². The normalized spacial score (nSPS) is 19.7. The Balaban J connectivity index is 1.88. The van der Waals surface area contributed by atoms with Crippen LogP contribution in [0.2, 0.25) is 0 Å². The molecule has 2 heterocycles. The molecule has 1 amide bonds. The van der Waals surface area contributed by atoms with Gasteiger partial charge in [0.25, 0.3) is 0 Å². The fourth-order valence-corrected chi connectivity index (χ4v) is 3.45. The highest BCUT2D eigenvalue weighted by Crippen LogP contribution is 2.20. The van der Waals surface area contributed by atoms with Crippen molar-refractivity contribution in [3.8, 4) is 0 Å². The van der Waals surface area contributed by atoms with Crippen molar-refractivity contribution in [1.29, 1.82) is 0 Å². The SMILES string of the molecule is C[C@H](N)[C@@H]1CCCCN1C(=O)Cn1ccc(=O)c2ccccc21. The number of para-hydroxylation sites is 1. The first-order valence-corrected chi connectivity index (χ1v) is 8.21. The maximum atomic E-state index is 12.8. The van der Waals surface area contributed by atoms with E-state index >= 15 is 0 Å². The predicted molar refractivity (Wildman–Crippen MR) is 91.2 cm³/mol. The Morgan fingerprint density at radius 2 is 2.09 bits per heavy atom. The Morgan fingerprint density at radius 3 is 2.87 bits per heavy atom. The number of hydrogen-bond acceptors (Lipinski definition) is 3. The Kier molecular flexibility index (Phi) is 4.48. The number of nitrogens with zero attached hydrogens (tertiary/aromatic N) is 2. The lowest BCUT2D eigenvalue weighted by Crippen LogP contribution is -2.52. The first-order chi connectivity index (χ1) is 11.1. The number of nitrogens with two attached hydrogens (primary N) is 1. The van der Waals surface area contributed by atoms with E-state index in [9.17, 15) is 9.59 Å². The predicted octanol–water partition coefficient (Wildman–Crippen LogP) is 1.73. The third kappa shape index (κ3) is 3.15. The second-order valence-corrected chi connectivity index (χ2v) is 6.33. The molecule has 0 bridgehead atoms. The first-order valence-electron chi connectivity index (χ1n) is 8.21. The van der Waals surface area contributed by atoms with Crippen molar-refractivity contribution in [2.45, 2.75) is 44.8 Å². The van der Waals surface area contributed by atoms with Crippen LogP contribution in [-0.2, 0) is 11.3 Å². The van der Waals surface area contributed by atoms with E-state index in [0.29, 0.717) is 5.39 Å². The van der Waals surface area contributed by atoms with Crippen molar-refractivity contribution in [2.24, 2.45) is 5.73 Å². The summed E-state index contributed by atoms with van der Waals surface area (Å²) in [6.45, 7) is 2.97. The summed E-state index contributed by atoms with van der Waals surface area (Å²) < 4.78 is 1.85. The van der Waals surface area contributed by atoms with E-state index in [1.165, 1.54) is 6.07 Å². The van der Waals surface area contributed by atoms with Gasteiger partial charge in [-0.2, -0.15) is 0 Å². The number of benzene rings is 1. The van der Waals surface area contributed by atoms with Crippen LogP contribution in [0.4, 0.5) is 0 Å². The molecule has 3 rings (SSSR count). The summed E-state index contributed by atoms with van der Waals surface area (Å²) in [7, 11) is 0. The van der Waals surface area contributed by atoms with Crippen LogP contribution in [0.25, 0.3) is 10.9 Å². The molecule has 122 valence electrons. The second-order valence-electron chi connectivity index (χ2n) is 6.33. The summed E-state index contributed by atoms with van der Waals surface area (Å²) in [5, 5.41) is 0.644. The zero-order valence-corrected chi connectivity index (χ0v) is 13.4. The number of aromatic nitrogens is 1. The molecular formula is C18H23N3O2. The van der Waals surface area contributed by atoms with Crippen molar-refractivity contribution in [1.82, 2.24) is 9.47 Å². The minimum absolute atomic E-state index is 0.0178. The molecule has 5 heteroatoms. The molecule has 2 atom stereocenters. The van der Waals surface area contributed by atoms with E-state index < -0.39 is 0 Å². The van der Waals surface area contributed by atoms with Gasteiger partial charge in [-0.05, 0) is 38.3 Å². The molecule has 1 saturated heterocycles. The van der Waals surface area contributed by atoms with Gasteiger partial charge in [0, 0.05) is 36.3 Å². The molecule has 0 radical (unpaired) electrons. The maximum absolute atomic E-state index is 12.8. The number of pyridine rings is 1. The fourth-order valence-electron chi connectivity index (χ4n) is 3.45. The van der Waals surface area contributed by atoms with Gasteiger partial charge in [0.2, 0.25) is 5.91 Å². The van der Waals surface area contributed by atoms with Crippen LogP contribution < -0.4 is 11.2 Å². The highest BCUT2D eigenvalue weighted by atomic mass is 16.2. The molecule has 0 aliphatic carbocycles. The number of carbonyl (C=O) groups is 1. The summed E-state index contributed by atoms with van der Waals surface area (Å²) in [6, 6.07) is 9.01. The lowest BCUT2D eigenvalue weighted by atomic mass is 9.97. The number of piperidine rings is 1. The number of hydrogen-bond donors (Lipinski definition) is 1. The number of likely N-dealkylation sites (tertiary alicyclic amines) is 1. The van der Waals surface area contributed by atoms with Crippen LogP contribution in [0.3, 0.4) is 0 Å². The van der Waals surface area contributed by atoms with Crippen molar-refractivity contribution in [3.63, 3.8) is 0 Å². The van der Waals surface area contributed by atoms with Gasteiger partial charge >= 0.3 is 0 Å². The Bertz CT molecular complexity index is 766. The highest BCUT2D eigenvalue weighted by Gasteiger charge is 2.29. The fraction of sp³-hybridized carbons (Fsp3) is 0.444. The summed E-state index contributed by atoms with van der Waals surface area (Å²) in [5.74, 6) is 0.0702. The van der Waals surface area contributed by atoms with E-state index in [1.54, 1.807) is 12.3 Å². The van der Waals surface area contributed by atoms with Gasteiger partial charge < -0.3 is 15.2 Å². The monoisotopic (exact) mass is 313 g/mol. The quantitative estimate of drug-likeness (QED) is 0.938. The summed E-state index contributed by atoms with van der Waals surface area (Å²) in [5.41, 5.74) is 6.83. The summed E-state index contributed by atoms with van der Waals surface area (Å²) >= 11 is 0. The lowest BCUT2D eigenvalue weighted by Gasteiger charge is -2.38. The number of rotatable bonds is 3. The van der Waals surface area contributed by atoms with Crippen molar-refractivity contribution >= 4 is 16.8 Å². The van der Waals surface area contributed by atoms with E-state index in [2.05, 4.69) is 0 Å². The Labute approximate surface area is 135 Å². The van der Waals surface area contributed by atoms with Crippen molar-refractivity contribution < 1.29 is 4.79 Å². The molecule has 0 unspecified atom stereocenters. The minimum Gasteiger partial charge on any atom is -0.338 e. The van der Waals surface area contributed by atoms with Crippen LogP contribution in [-0.4, -0.2) is 34.0 Å². The smallest absolute Gasteiger partial charge is 0.242 e. The third-order valence-corrected chi connectivity index (χ3v) is 4.67. The average Bonchev–Trinajstić information content (AvgIpc) is 2.57. The number of carbonyl (C=O) groups excluding carboxylic acids is 1. The molecule has 2 aromatic rings. The van der Waals surface area contributed by atoms with Crippen LogP contribution in [0.15, 0.2) is 41.3 Å². The highest BCUT2D eigenvalue weighted by molar-refractivity contribution is 5.82.